The Morgan fingerprint density at radius 1 is 1.50 bits per heavy atom. The topological polar surface area (TPSA) is 57.5 Å². The molecule has 0 bridgehead atoms. The van der Waals surface area contributed by atoms with Gasteiger partial charge < -0.3 is 0 Å². The van der Waals surface area contributed by atoms with E-state index in [2.05, 4.69) is 15.0 Å². The SMILES string of the molecule is O=[P](O)(O)[Ni].[Fe]. The smallest absolute Gasteiger partial charge is 0 e. The summed E-state index contributed by atoms with van der Waals surface area (Å²) in [6.07, 6.45) is -4.01. The molecule has 6 heavy (non-hydrogen) atoms. The minimum Gasteiger partial charge on any atom is 0 e. The maximum atomic E-state index is 9.16. The van der Waals surface area contributed by atoms with Crippen molar-refractivity contribution in [1.29, 1.82) is 0 Å². The van der Waals surface area contributed by atoms with Crippen LogP contribution in [0, 0.1) is 0 Å². The molecule has 0 spiro atoms. The molecule has 2 N–H and O–H groups in total. The summed E-state index contributed by atoms with van der Waals surface area (Å²) in [5.74, 6) is 0. The molecule has 0 saturated heterocycles. The number of hydrogen-bond donors (Lipinski definition) is 2. The van der Waals surface area contributed by atoms with Crippen LogP contribution < -0.4 is 0 Å². The zero-order chi connectivity index (χ0) is 4.50. The van der Waals surface area contributed by atoms with E-state index >= 15 is 0 Å². The van der Waals surface area contributed by atoms with Crippen molar-refractivity contribution in [2.75, 3.05) is 0 Å². The second-order valence-electron chi connectivity index (χ2n) is 0.437. The van der Waals surface area contributed by atoms with E-state index in [1.54, 1.807) is 0 Å². The van der Waals surface area contributed by atoms with Crippen molar-refractivity contribution in [2.24, 2.45) is 0 Å². The summed E-state index contributed by atoms with van der Waals surface area (Å²) >= 11 is 3.23. The zero-order valence-electron chi connectivity index (χ0n) is 2.42. The molecule has 0 rings (SSSR count). The molecule has 0 saturated carbocycles. The molecular formula is H2FeNiO3P. The second-order valence-corrected chi connectivity index (χ2v) is 3.04. The van der Waals surface area contributed by atoms with Crippen molar-refractivity contribution in [2.45, 2.75) is 0 Å². The average molecular weight is 196 g/mol. The maximum Gasteiger partial charge on any atom is 0 e. The molecule has 3 nitrogen and oxygen atoms in total. The van der Waals surface area contributed by atoms with Gasteiger partial charge in [0, 0.05) is 17.1 Å². The van der Waals surface area contributed by atoms with Crippen molar-refractivity contribution < 1.29 is 46.5 Å². The van der Waals surface area contributed by atoms with Gasteiger partial charge in [-0.25, -0.2) is 0 Å². The van der Waals surface area contributed by atoms with Gasteiger partial charge in [0.15, 0.2) is 0 Å². The Hall–Kier alpha value is 1.16. The molecule has 6 heteroatoms. The van der Waals surface area contributed by atoms with Crippen LogP contribution in [0.5, 0.6) is 0 Å². The third-order valence-corrected chi connectivity index (χ3v) is 0. The molecule has 0 aromatic heterocycles. The third kappa shape index (κ3) is 66.2. The Bertz CT molecular complexity index is 56.9. The summed E-state index contributed by atoms with van der Waals surface area (Å²) in [6, 6.07) is 0. The molecule has 0 heterocycles. The molecule has 0 fully saturated rings. The van der Waals surface area contributed by atoms with Gasteiger partial charge in [-0.2, -0.15) is 0 Å². The van der Waals surface area contributed by atoms with Gasteiger partial charge in [0.1, 0.15) is 0 Å². The molecule has 0 atom stereocenters. The van der Waals surface area contributed by atoms with Crippen LogP contribution in [0.25, 0.3) is 0 Å². The standard InChI is InChI=1S/Fe.Ni.HO3P/c;;1-4(2)3/h;;(H-,1,2,3)/q;-1;/p+1. The first kappa shape index (κ1) is 10.2. The van der Waals surface area contributed by atoms with Gasteiger partial charge >= 0.3 is 35.8 Å². The molecule has 0 aromatic carbocycles. The summed E-state index contributed by atoms with van der Waals surface area (Å²) in [4.78, 5) is 14.9. The number of hydrogen-bond acceptors (Lipinski definition) is 1. The first-order valence-corrected chi connectivity index (χ1v) is 3.50. The summed E-state index contributed by atoms with van der Waals surface area (Å²) in [5.41, 5.74) is 0. The zero-order valence-corrected chi connectivity index (χ0v) is 5.41. The van der Waals surface area contributed by atoms with E-state index < -0.39 is 6.37 Å². The normalized spacial score (nSPS) is 10.0. The van der Waals surface area contributed by atoms with Crippen molar-refractivity contribution in [3.8, 4) is 0 Å². The minimum absolute atomic E-state index is 0. The Labute approximate surface area is 53.1 Å². The fraction of sp³-hybridized carbons (Fsp3) is 0. The molecule has 0 unspecified atom stereocenters. The molecular weight excluding hydrogens is 194 g/mol. The van der Waals surface area contributed by atoms with Gasteiger partial charge in [0.05, 0.1) is 0 Å². The molecule has 0 amide bonds. The third-order valence-electron chi connectivity index (χ3n) is 0. The predicted molar refractivity (Wildman–Crippen MR) is 12.0 cm³/mol. The van der Waals surface area contributed by atoms with Crippen molar-refractivity contribution >= 4 is 6.37 Å². The Kier molecular flexibility index (Phi) is 5.45. The van der Waals surface area contributed by atoms with Gasteiger partial charge in [-0.05, 0) is 0 Å². The summed E-state index contributed by atoms with van der Waals surface area (Å²) in [6.45, 7) is 0. The predicted octanol–water partition coefficient (Wildman–Crippen LogP) is -0.377. The Morgan fingerprint density at radius 2 is 1.50 bits per heavy atom. The summed E-state index contributed by atoms with van der Waals surface area (Å²) in [5, 5.41) is 0. The van der Waals surface area contributed by atoms with Crippen LogP contribution >= 0.6 is 6.37 Å². The summed E-state index contributed by atoms with van der Waals surface area (Å²) in [7, 11) is 0. The van der Waals surface area contributed by atoms with Crippen molar-refractivity contribution in [1.82, 2.24) is 0 Å². The first-order chi connectivity index (χ1) is 2.00. The fourth-order valence-electron chi connectivity index (χ4n) is 0. The minimum atomic E-state index is -4.01. The molecule has 43 valence electrons. The van der Waals surface area contributed by atoms with E-state index in [4.69, 9.17) is 14.4 Å². The van der Waals surface area contributed by atoms with E-state index in [0.29, 0.717) is 0 Å². The van der Waals surface area contributed by atoms with Gasteiger partial charge in [-0.1, -0.05) is 0 Å². The van der Waals surface area contributed by atoms with E-state index in [9.17, 15) is 0 Å². The Morgan fingerprint density at radius 3 is 1.50 bits per heavy atom. The van der Waals surface area contributed by atoms with Gasteiger partial charge in [0.2, 0.25) is 0 Å². The van der Waals surface area contributed by atoms with E-state index in [-0.39, 0.29) is 17.1 Å². The van der Waals surface area contributed by atoms with Crippen LogP contribution in [-0.2, 0) is 36.7 Å². The van der Waals surface area contributed by atoms with Gasteiger partial charge in [-0.15, -0.1) is 0 Å². The largest absolute Gasteiger partial charge is 0 e. The average Bonchev–Trinajstić information content (AvgIpc) is 0.722. The molecule has 0 aliphatic heterocycles. The van der Waals surface area contributed by atoms with E-state index in [1.807, 2.05) is 0 Å². The van der Waals surface area contributed by atoms with Gasteiger partial charge in [0.25, 0.3) is 0 Å². The van der Waals surface area contributed by atoms with Crippen molar-refractivity contribution in [3.63, 3.8) is 0 Å². The van der Waals surface area contributed by atoms with Crippen LogP contribution in [0.4, 0.5) is 0 Å². The first-order valence-electron chi connectivity index (χ1n) is 0.724. The summed E-state index contributed by atoms with van der Waals surface area (Å²) < 4.78 is 9.16. The molecule has 0 aliphatic carbocycles. The number of rotatable bonds is 0. The van der Waals surface area contributed by atoms with Crippen LogP contribution in [0.1, 0.15) is 0 Å². The van der Waals surface area contributed by atoms with Crippen LogP contribution in [0.2, 0.25) is 0 Å². The maximum absolute atomic E-state index is 9.16. The Balaban J connectivity index is 0. The van der Waals surface area contributed by atoms with Crippen LogP contribution in [-0.4, -0.2) is 9.79 Å². The van der Waals surface area contributed by atoms with E-state index in [0.717, 1.165) is 0 Å². The molecule has 0 aliphatic rings. The van der Waals surface area contributed by atoms with Gasteiger partial charge in [-0.3, -0.25) is 0 Å². The van der Waals surface area contributed by atoms with Crippen LogP contribution in [0.15, 0.2) is 0 Å². The van der Waals surface area contributed by atoms with E-state index in [1.165, 1.54) is 0 Å². The van der Waals surface area contributed by atoms with Crippen molar-refractivity contribution in [3.05, 3.63) is 0 Å². The molecule has 0 radical (unpaired) electrons. The second kappa shape index (κ2) is 3.20. The van der Waals surface area contributed by atoms with Crippen LogP contribution in [0.3, 0.4) is 0 Å². The quantitative estimate of drug-likeness (QED) is 0.409. The fourth-order valence-corrected chi connectivity index (χ4v) is 0. The molecule has 0 aromatic rings. The monoisotopic (exact) mass is 195 g/mol.